The van der Waals surface area contributed by atoms with Crippen molar-refractivity contribution in [2.45, 2.75) is 26.1 Å². The van der Waals surface area contributed by atoms with Crippen molar-refractivity contribution in [1.29, 1.82) is 0 Å². The summed E-state index contributed by atoms with van der Waals surface area (Å²) in [6.07, 6.45) is -4.46. The lowest BCUT2D eigenvalue weighted by Crippen LogP contribution is -2.16. The molecule has 0 unspecified atom stereocenters. The van der Waals surface area contributed by atoms with E-state index in [-0.39, 0.29) is 17.5 Å². The molecule has 0 bridgehead atoms. The van der Waals surface area contributed by atoms with Crippen LogP contribution in [-0.4, -0.2) is 6.36 Å². The monoisotopic (exact) mass is 384 g/mol. The number of alkyl halides is 3. The largest absolute Gasteiger partial charge is 0.573 e. The quantitative estimate of drug-likeness (QED) is 0.430. The maximum absolute atomic E-state index is 14.1. The van der Waals surface area contributed by atoms with Gasteiger partial charge in [0.25, 0.3) is 0 Å². The van der Waals surface area contributed by atoms with Gasteiger partial charge in [-0.2, -0.15) is 0 Å². The molecule has 0 N–H and O–H groups in total. The summed E-state index contributed by atoms with van der Waals surface area (Å²) < 4.78 is 81.4. The fourth-order valence-electron chi connectivity index (χ4n) is 2.12. The van der Waals surface area contributed by atoms with Gasteiger partial charge in [-0.15, -0.1) is 13.2 Å². The zero-order valence-electron chi connectivity index (χ0n) is 14.1. The zero-order valence-corrected chi connectivity index (χ0v) is 14.1. The molecule has 7 heteroatoms. The lowest BCUT2D eigenvalue weighted by Gasteiger charge is -2.08. The SMILES string of the molecule is CCC/C(F)=C(\F)c1ccc(C#Cc2ccc(OC(F)(F)F)cc2)c(F)c1. The van der Waals surface area contributed by atoms with E-state index in [2.05, 4.69) is 16.6 Å². The van der Waals surface area contributed by atoms with E-state index >= 15 is 0 Å². The average molecular weight is 384 g/mol. The summed E-state index contributed by atoms with van der Waals surface area (Å²) in [6.45, 7) is 1.69. The van der Waals surface area contributed by atoms with Crippen molar-refractivity contribution < 1.29 is 31.1 Å². The topological polar surface area (TPSA) is 9.23 Å². The molecule has 0 aliphatic heterocycles. The number of allylic oxidation sites excluding steroid dienone is 1. The Labute approximate surface area is 152 Å². The Balaban J connectivity index is 2.18. The highest BCUT2D eigenvalue weighted by Crippen LogP contribution is 2.26. The Morgan fingerprint density at radius 2 is 1.67 bits per heavy atom. The molecule has 0 spiro atoms. The van der Waals surface area contributed by atoms with Crippen molar-refractivity contribution in [3.8, 4) is 17.6 Å². The highest BCUT2D eigenvalue weighted by atomic mass is 19.4. The first-order valence-electron chi connectivity index (χ1n) is 7.91. The molecule has 142 valence electrons. The van der Waals surface area contributed by atoms with Crippen molar-refractivity contribution in [2.24, 2.45) is 0 Å². The van der Waals surface area contributed by atoms with Gasteiger partial charge in [0.15, 0.2) is 5.83 Å². The van der Waals surface area contributed by atoms with Crippen molar-refractivity contribution in [3.63, 3.8) is 0 Å². The first-order valence-corrected chi connectivity index (χ1v) is 7.91. The number of ether oxygens (including phenoxy) is 1. The number of benzene rings is 2. The normalized spacial score (nSPS) is 12.1. The van der Waals surface area contributed by atoms with E-state index in [4.69, 9.17) is 0 Å². The molecular weight excluding hydrogens is 370 g/mol. The minimum atomic E-state index is -4.79. The maximum atomic E-state index is 14.1. The van der Waals surface area contributed by atoms with Crippen LogP contribution in [0.5, 0.6) is 5.75 Å². The van der Waals surface area contributed by atoms with Crippen LogP contribution in [0.3, 0.4) is 0 Å². The Morgan fingerprint density at radius 1 is 1.00 bits per heavy atom. The molecule has 0 radical (unpaired) electrons. The average Bonchev–Trinajstić information content (AvgIpc) is 2.60. The van der Waals surface area contributed by atoms with Crippen LogP contribution in [0.4, 0.5) is 26.3 Å². The van der Waals surface area contributed by atoms with Crippen molar-refractivity contribution >= 4 is 5.83 Å². The molecule has 1 nitrogen and oxygen atoms in total. The van der Waals surface area contributed by atoms with Crippen LogP contribution in [0.2, 0.25) is 0 Å². The van der Waals surface area contributed by atoms with Gasteiger partial charge in [-0.05, 0) is 42.8 Å². The molecule has 0 saturated heterocycles. The van der Waals surface area contributed by atoms with Crippen molar-refractivity contribution in [3.05, 3.63) is 70.8 Å². The van der Waals surface area contributed by atoms with E-state index in [0.717, 1.165) is 18.2 Å². The first-order chi connectivity index (χ1) is 12.7. The van der Waals surface area contributed by atoms with Gasteiger partial charge in [0, 0.05) is 17.5 Å². The van der Waals surface area contributed by atoms with E-state index in [9.17, 15) is 26.3 Å². The van der Waals surface area contributed by atoms with Crippen LogP contribution < -0.4 is 4.74 Å². The second kappa shape index (κ2) is 8.67. The minimum Gasteiger partial charge on any atom is -0.406 e. The Hall–Kier alpha value is -2.88. The highest BCUT2D eigenvalue weighted by Gasteiger charge is 2.30. The molecule has 0 heterocycles. The summed E-state index contributed by atoms with van der Waals surface area (Å²) >= 11 is 0. The van der Waals surface area contributed by atoms with Gasteiger partial charge in [-0.25, -0.2) is 13.2 Å². The molecule has 2 aromatic rings. The van der Waals surface area contributed by atoms with Crippen molar-refractivity contribution in [1.82, 2.24) is 0 Å². The van der Waals surface area contributed by atoms with Crippen LogP contribution >= 0.6 is 0 Å². The molecule has 0 aromatic heterocycles. The molecule has 0 aliphatic carbocycles. The second-order valence-electron chi connectivity index (χ2n) is 5.49. The number of rotatable bonds is 4. The van der Waals surface area contributed by atoms with Gasteiger partial charge in [0.05, 0.1) is 5.56 Å². The van der Waals surface area contributed by atoms with E-state index in [1.165, 1.54) is 24.3 Å². The van der Waals surface area contributed by atoms with Gasteiger partial charge >= 0.3 is 6.36 Å². The first kappa shape index (κ1) is 20.4. The fourth-order valence-corrected chi connectivity index (χ4v) is 2.12. The third-order valence-corrected chi connectivity index (χ3v) is 3.36. The lowest BCUT2D eigenvalue weighted by molar-refractivity contribution is -0.274. The van der Waals surface area contributed by atoms with E-state index in [1.807, 2.05) is 0 Å². The summed E-state index contributed by atoms with van der Waals surface area (Å²) in [5.74, 6) is 1.77. The summed E-state index contributed by atoms with van der Waals surface area (Å²) in [5.41, 5.74) is 0.0452. The van der Waals surface area contributed by atoms with Crippen LogP contribution in [0.25, 0.3) is 5.83 Å². The number of halogens is 6. The predicted octanol–water partition coefficient (Wildman–Crippen LogP) is 6.53. The number of hydrogen-bond acceptors (Lipinski definition) is 1. The standard InChI is InChI=1S/C20H14F6O/c1-2-3-17(21)19(23)15-9-8-14(18(22)12-15)7-4-13-5-10-16(11-6-13)27-20(24,25)26/h5-6,8-12H,2-3H2,1H3/b19-17+. The van der Waals surface area contributed by atoms with Gasteiger partial charge in [0.1, 0.15) is 17.4 Å². The molecule has 0 saturated carbocycles. The van der Waals surface area contributed by atoms with Gasteiger partial charge in [0.2, 0.25) is 0 Å². The lowest BCUT2D eigenvalue weighted by atomic mass is 10.1. The molecule has 27 heavy (non-hydrogen) atoms. The van der Waals surface area contributed by atoms with E-state index in [0.29, 0.717) is 12.0 Å². The predicted molar refractivity (Wildman–Crippen MR) is 89.5 cm³/mol. The van der Waals surface area contributed by atoms with Gasteiger partial charge in [-0.1, -0.05) is 24.8 Å². The van der Waals surface area contributed by atoms with Gasteiger partial charge in [-0.3, -0.25) is 0 Å². The second-order valence-corrected chi connectivity index (χ2v) is 5.49. The fraction of sp³-hybridized carbons (Fsp3) is 0.200. The third-order valence-electron chi connectivity index (χ3n) is 3.36. The van der Waals surface area contributed by atoms with Crippen molar-refractivity contribution in [2.75, 3.05) is 0 Å². The summed E-state index contributed by atoms with van der Waals surface area (Å²) in [4.78, 5) is 0. The van der Waals surface area contributed by atoms with Crippen LogP contribution in [0, 0.1) is 17.7 Å². The zero-order chi connectivity index (χ0) is 20.0. The van der Waals surface area contributed by atoms with Crippen LogP contribution in [-0.2, 0) is 0 Å². The van der Waals surface area contributed by atoms with Crippen LogP contribution in [0.1, 0.15) is 36.5 Å². The Morgan fingerprint density at radius 3 is 2.22 bits per heavy atom. The highest BCUT2D eigenvalue weighted by molar-refractivity contribution is 5.62. The summed E-state index contributed by atoms with van der Waals surface area (Å²) in [7, 11) is 0. The molecule has 0 atom stereocenters. The molecule has 2 rings (SSSR count). The Bertz CT molecular complexity index is 885. The number of hydrogen-bond donors (Lipinski definition) is 0. The minimum absolute atomic E-state index is 0.0573. The van der Waals surface area contributed by atoms with Gasteiger partial charge < -0.3 is 4.74 Å². The summed E-state index contributed by atoms with van der Waals surface area (Å²) in [5, 5.41) is 0. The van der Waals surface area contributed by atoms with E-state index < -0.39 is 29.6 Å². The summed E-state index contributed by atoms with van der Waals surface area (Å²) in [6, 6.07) is 7.97. The smallest absolute Gasteiger partial charge is 0.406 e. The van der Waals surface area contributed by atoms with Crippen LogP contribution in [0.15, 0.2) is 48.3 Å². The molecule has 0 amide bonds. The molecule has 2 aromatic carbocycles. The molecule has 0 aliphatic rings. The Kier molecular flexibility index (Phi) is 6.56. The molecule has 0 fully saturated rings. The maximum Gasteiger partial charge on any atom is 0.573 e. The van der Waals surface area contributed by atoms with E-state index in [1.54, 1.807) is 6.92 Å². The third kappa shape index (κ3) is 6.10. The molecular formula is C20H14F6O.